The second kappa shape index (κ2) is 11.3. The lowest BCUT2D eigenvalue weighted by molar-refractivity contribution is -0.383. The maximum absolute atomic E-state index is 13.2. The summed E-state index contributed by atoms with van der Waals surface area (Å²) in [5.74, 6) is -2.77. The number of benzene rings is 2. The van der Waals surface area contributed by atoms with E-state index < -0.39 is 34.6 Å². The number of nitrogens with zero attached hydrogens (tertiary/aromatic N) is 4. The second-order valence-electron chi connectivity index (χ2n) is 10.2. The Morgan fingerprint density at radius 3 is 2.51 bits per heavy atom. The van der Waals surface area contributed by atoms with Crippen LogP contribution in [-0.4, -0.2) is 83.0 Å². The molecule has 3 aliphatic rings. The number of carbonyl (C=O) groups is 5. The van der Waals surface area contributed by atoms with Crippen LogP contribution in [0.25, 0.3) is 0 Å². The predicted octanol–water partition coefficient (Wildman–Crippen LogP) is 1.12. The largest absolute Gasteiger partial charge is 0.393 e. The number of anilines is 3. The number of amides is 5. The normalized spacial score (nSPS) is 19.3. The highest BCUT2D eigenvalue weighted by Gasteiger charge is 2.45. The van der Waals surface area contributed by atoms with Crippen molar-refractivity contribution in [3.05, 3.63) is 57.6 Å². The number of fused-ring (bicyclic) bond motifs is 1. The van der Waals surface area contributed by atoms with Crippen LogP contribution in [0.2, 0.25) is 0 Å². The number of nitrogens with two attached hydrogens (primary N) is 1. The molecule has 0 spiro atoms. The van der Waals surface area contributed by atoms with E-state index in [9.17, 15) is 34.1 Å². The summed E-state index contributed by atoms with van der Waals surface area (Å²) in [5, 5.41) is 15.9. The Morgan fingerprint density at radius 1 is 1.07 bits per heavy atom. The molecule has 4 N–H and O–H groups in total. The van der Waals surface area contributed by atoms with Gasteiger partial charge in [0.05, 0.1) is 21.7 Å². The van der Waals surface area contributed by atoms with Gasteiger partial charge in [-0.2, -0.15) is 0 Å². The van der Waals surface area contributed by atoms with Gasteiger partial charge in [0.15, 0.2) is 0 Å². The number of nitro groups is 1. The number of carbonyl (C=O) groups excluding carboxylic acids is 5. The molecule has 3 heterocycles. The van der Waals surface area contributed by atoms with Crippen LogP contribution in [0.4, 0.5) is 22.7 Å². The molecule has 0 radical (unpaired) electrons. The zero-order valence-corrected chi connectivity index (χ0v) is 22.1. The smallest absolute Gasteiger partial charge is 0.292 e. The number of nitro benzene ring substituents is 1. The first-order valence-electron chi connectivity index (χ1n) is 13.3. The van der Waals surface area contributed by atoms with E-state index in [0.717, 1.165) is 23.7 Å². The van der Waals surface area contributed by atoms with Crippen molar-refractivity contribution in [1.82, 2.24) is 15.1 Å². The molecular weight excluding hydrogens is 534 g/mol. The van der Waals surface area contributed by atoms with Crippen molar-refractivity contribution >= 4 is 52.3 Å². The van der Waals surface area contributed by atoms with Crippen molar-refractivity contribution in [1.29, 1.82) is 0 Å². The molecule has 14 heteroatoms. The third-order valence-electron chi connectivity index (χ3n) is 7.57. The zero-order valence-electron chi connectivity index (χ0n) is 22.1. The van der Waals surface area contributed by atoms with Gasteiger partial charge in [-0.15, -0.1) is 0 Å². The minimum Gasteiger partial charge on any atom is -0.393 e. The van der Waals surface area contributed by atoms with Crippen molar-refractivity contribution in [2.45, 2.75) is 31.7 Å². The van der Waals surface area contributed by atoms with Crippen LogP contribution >= 0.6 is 0 Å². The molecular formula is C27H29N7O7. The van der Waals surface area contributed by atoms with Gasteiger partial charge in [-0.3, -0.25) is 49.2 Å². The average Bonchev–Trinajstić information content (AvgIpc) is 3.19. The van der Waals surface area contributed by atoms with E-state index >= 15 is 0 Å². The average molecular weight is 564 g/mol. The first-order valence-corrected chi connectivity index (χ1v) is 13.3. The molecule has 5 amide bonds. The molecule has 3 aliphatic heterocycles. The van der Waals surface area contributed by atoms with Crippen LogP contribution in [0, 0.1) is 10.1 Å². The lowest BCUT2D eigenvalue weighted by atomic mass is 10.0. The standard InChI is InChI=1S/C27H29N7O7/c28-18-15-16(6-7-20(18)34(40)41)32-13-11-31(12-14-32)10-2-5-22(35)29-19-4-1-3-17-24(19)27(39)33(26(17)38)21-8-9-23(36)30-25(21)37/h1,3-4,6-7,15,21H,2,5,8-14,28H2,(H,29,35)(H,30,36,37). The molecule has 2 aromatic rings. The number of nitrogen functional groups attached to an aromatic ring is 1. The molecule has 2 saturated heterocycles. The molecule has 0 aliphatic carbocycles. The first kappa shape index (κ1) is 27.7. The van der Waals surface area contributed by atoms with Gasteiger partial charge < -0.3 is 16.0 Å². The van der Waals surface area contributed by atoms with Gasteiger partial charge in [0, 0.05) is 50.8 Å². The molecule has 1 unspecified atom stereocenters. The molecule has 214 valence electrons. The molecule has 5 rings (SSSR count). The quantitative estimate of drug-likeness (QED) is 0.182. The topological polar surface area (TPSA) is 188 Å². The summed E-state index contributed by atoms with van der Waals surface area (Å²) >= 11 is 0. The molecule has 2 aromatic carbocycles. The van der Waals surface area contributed by atoms with Gasteiger partial charge in [-0.25, -0.2) is 0 Å². The Kier molecular flexibility index (Phi) is 7.66. The van der Waals surface area contributed by atoms with Crippen molar-refractivity contribution in [2.75, 3.05) is 48.7 Å². The highest BCUT2D eigenvalue weighted by molar-refractivity contribution is 6.26. The van der Waals surface area contributed by atoms with Crippen LogP contribution in [-0.2, 0) is 14.4 Å². The third kappa shape index (κ3) is 5.59. The molecule has 2 fully saturated rings. The van der Waals surface area contributed by atoms with Gasteiger partial charge in [0.25, 0.3) is 17.5 Å². The van der Waals surface area contributed by atoms with Crippen LogP contribution in [0.15, 0.2) is 36.4 Å². The third-order valence-corrected chi connectivity index (χ3v) is 7.57. The van der Waals surface area contributed by atoms with E-state index in [4.69, 9.17) is 5.73 Å². The fourth-order valence-electron chi connectivity index (χ4n) is 5.43. The number of rotatable bonds is 8. The molecule has 1 atom stereocenters. The SMILES string of the molecule is Nc1cc(N2CCN(CCCC(=O)Nc3cccc4c3C(=O)N(C3CCC(=O)NC3=O)C4=O)CC2)ccc1[N+](=O)[O-]. The summed E-state index contributed by atoms with van der Waals surface area (Å²) in [4.78, 5) is 78.4. The van der Waals surface area contributed by atoms with Crippen molar-refractivity contribution in [3.63, 3.8) is 0 Å². The number of piperidine rings is 1. The summed E-state index contributed by atoms with van der Waals surface area (Å²) < 4.78 is 0. The number of hydrogen-bond donors (Lipinski definition) is 3. The van der Waals surface area contributed by atoms with E-state index in [1.165, 1.54) is 12.1 Å². The van der Waals surface area contributed by atoms with Crippen LogP contribution in [0.5, 0.6) is 0 Å². The molecule has 0 saturated carbocycles. The molecule has 14 nitrogen and oxygen atoms in total. The van der Waals surface area contributed by atoms with E-state index in [1.807, 2.05) is 0 Å². The maximum Gasteiger partial charge on any atom is 0.292 e. The van der Waals surface area contributed by atoms with E-state index in [-0.39, 0.29) is 53.4 Å². The Balaban J connectivity index is 1.12. The highest BCUT2D eigenvalue weighted by atomic mass is 16.6. The van der Waals surface area contributed by atoms with Gasteiger partial charge in [0.1, 0.15) is 11.7 Å². The minimum atomic E-state index is -1.08. The summed E-state index contributed by atoms with van der Waals surface area (Å²) in [5.41, 5.74) is 7.00. The van der Waals surface area contributed by atoms with Gasteiger partial charge >= 0.3 is 0 Å². The van der Waals surface area contributed by atoms with Crippen molar-refractivity contribution in [2.24, 2.45) is 0 Å². The van der Waals surface area contributed by atoms with Crippen LogP contribution < -0.4 is 21.3 Å². The fourth-order valence-corrected chi connectivity index (χ4v) is 5.43. The zero-order chi connectivity index (χ0) is 29.3. The summed E-state index contributed by atoms with van der Waals surface area (Å²) in [7, 11) is 0. The molecule has 41 heavy (non-hydrogen) atoms. The number of nitrogens with one attached hydrogen (secondary N) is 2. The minimum absolute atomic E-state index is 0.0220. The van der Waals surface area contributed by atoms with Crippen LogP contribution in [0.1, 0.15) is 46.4 Å². The summed E-state index contributed by atoms with van der Waals surface area (Å²) in [6.07, 6.45) is 0.838. The highest BCUT2D eigenvalue weighted by Crippen LogP contribution is 2.32. The van der Waals surface area contributed by atoms with Gasteiger partial charge in [-0.1, -0.05) is 6.07 Å². The van der Waals surface area contributed by atoms with E-state index in [0.29, 0.717) is 26.1 Å². The maximum atomic E-state index is 13.2. The lowest BCUT2D eigenvalue weighted by Gasteiger charge is -2.36. The molecule has 0 aromatic heterocycles. The van der Waals surface area contributed by atoms with Crippen molar-refractivity contribution < 1.29 is 28.9 Å². The first-order chi connectivity index (χ1) is 19.6. The second-order valence-corrected chi connectivity index (χ2v) is 10.2. The van der Waals surface area contributed by atoms with E-state index in [1.54, 1.807) is 24.3 Å². The van der Waals surface area contributed by atoms with Gasteiger partial charge in [-0.05, 0) is 43.7 Å². The van der Waals surface area contributed by atoms with Gasteiger partial charge in [0.2, 0.25) is 17.7 Å². The fraction of sp³-hybridized carbons (Fsp3) is 0.370. The van der Waals surface area contributed by atoms with E-state index in [2.05, 4.69) is 20.4 Å². The number of hydrogen-bond acceptors (Lipinski definition) is 10. The van der Waals surface area contributed by atoms with Crippen LogP contribution in [0.3, 0.4) is 0 Å². The number of imide groups is 2. The lowest BCUT2D eigenvalue weighted by Crippen LogP contribution is -2.54. The Bertz CT molecular complexity index is 1450. The summed E-state index contributed by atoms with van der Waals surface area (Å²) in [6.45, 7) is 3.59. The Morgan fingerprint density at radius 2 is 1.83 bits per heavy atom. The summed E-state index contributed by atoms with van der Waals surface area (Å²) in [6, 6.07) is 8.21. The number of piperazine rings is 1. The Labute approximate surface area is 234 Å². The predicted molar refractivity (Wildman–Crippen MR) is 147 cm³/mol. The Hall–Kier alpha value is -4.85. The monoisotopic (exact) mass is 563 g/mol. The molecule has 0 bridgehead atoms. The van der Waals surface area contributed by atoms with Crippen molar-refractivity contribution in [3.8, 4) is 0 Å².